The van der Waals surface area contributed by atoms with Crippen molar-refractivity contribution in [3.05, 3.63) is 30.5 Å². The highest BCUT2D eigenvalue weighted by Gasteiger charge is 2.04. The first kappa shape index (κ1) is 14.6. The van der Waals surface area contributed by atoms with Crippen LogP contribution in [0.1, 0.15) is 20.3 Å². The van der Waals surface area contributed by atoms with Crippen LogP contribution in [0.4, 0.5) is 5.82 Å². The largest absolute Gasteiger partial charge is 0.508 e. The Morgan fingerprint density at radius 2 is 2.05 bits per heavy atom. The number of fused-ring (bicyclic) bond motifs is 1. The van der Waals surface area contributed by atoms with Gasteiger partial charge >= 0.3 is 0 Å². The van der Waals surface area contributed by atoms with Crippen molar-refractivity contribution < 1.29 is 5.11 Å². The third kappa shape index (κ3) is 3.61. The van der Waals surface area contributed by atoms with Crippen molar-refractivity contribution in [3.63, 3.8) is 0 Å². The number of hydrogen-bond acceptors (Lipinski definition) is 4. The van der Waals surface area contributed by atoms with Crippen LogP contribution in [0.5, 0.6) is 5.75 Å². The molecule has 0 bridgehead atoms. The number of hydrogen-bond donors (Lipinski definition) is 2. The minimum absolute atomic E-state index is 0.273. The molecule has 1 aromatic heterocycles. The zero-order chi connectivity index (χ0) is 14.4. The van der Waals surface area contributed by atoms with E-state index in [1.807, 2.05) is 12.1 Å². The summed E-state index contributed by atoms with van der Waals surface area (Å²) in [6.07, 6.45) is 2.97. The maximum absolute atomic E-state index is 9.61. The zero-order valence-corrected chi connectivity index (χ0v) is 12.3. The zero-order valence-electron chi connectivity index (χ0n) is 12.3. The summed E-state index contributed by atoms with van der Waals surface area (Å²) >= 11 is 0. The van der Waals surface area contributed by atoms with Crippen LogP contribution < -0.4 is 5.32 Å². The molecule has 0 aliphatic carbocycles. The van der Waals surface area contributed by atoms with Crippen LogP contribution in [0.15, 0.2) is 30.5 Å². The van der Waals surface area contributed by atoms with Crippen LogP contribution in [-0.2, 0) is 0 Å². The van der Waals surface area contributed by atoms with Crippen LogP contribution in [0.25, 0.3) is 10.8 Å². The van der Waals surface area contributed by atoms with E-state index in [9.17, 15) is 5.11 Å². The van der Waals surface area contributed by atoms with Gasteiger partial charge in [-0.25, -0.2) is 4.98 Å². The molecule has 2 aromatic rings. The van der Waals surface area contributed by atoms with Crippen LogP contribution in [0.2, 0.25) is 0 Å². The third-order valence-electron chi connectivity index (χ3n) is 3.46. The molecule has 0 saturated heterocycles. The molecule has 0 aliphatic rings. The lowest BCUT2D eigenvalue weighted by Crippen LogP contribution is -2.29. The first-order valence-corrected chi connectivity index (χ1v) is 7.28. The van der Waals surface area contributed by atoms with Crippen molar-refractivity contribution in [2.45, 2.75) is 20.3 Å². The van der Waals surface area contributed by atoms with Crippen molar-refractivity contribution in [1.29, 1.82) is 0 Å². The average Bonchev–Trinajstić information content (AvgIpc) is 2.46. The predicted octanol–water partition coefficient (Wildman–Crippen LogP) is 3.08. The Bertz CT molecular complexity index is 556. The fourth-order valence-electron chi connectivity index (χ4n) is 2.37. The number of pyridine rings is 1. The summed E-state index contributed by atoms with van der Waals surface area (Å²) in [7, 11) is 0. The molecule has 108 valence electrons. The van der Waals surface area contributed by atoms with E-state index in [-0.39, 0.29) is 5.75 Å². The van der Waals surface area contributed by atoms with Gasteiger partial charge in [0.05, 0.1) is 0 Å². The van der Waals surface area contributed by atoms with Gasteiger partial charge in [-0.1, -0.05) is 19.9 Å². The molecule has 1 heterocycles. The minimum atomic E-state index is 0.273. The van der Waals surface area contributed by atoms with E-state index in [4.69, 9.17) is 0 Å². The average molecular weight is 273 g/mol. The number of phenolic OH excluding ortho intramolecular Hbond substituents is 1. The van der Waals surface area contributed by atoms with Crippen LogP contribution in [-0.4, -0.2) is 41.2 Å². The van der Waals surface area contributed by atoms with E-state index in [0.717, 1.165) is 42.8 Å². The molecule has 4 nitrogen and oxygen atoms in total. The normalized spacial score (nSPS) is 11.2. The van der Waals surface area contributed by atoms with E-state index in [1.54, 1.807) is 18.3 Å². The monoisotopic (exact) mass is 273 g/mol. The fourth-order valence-corrected chi connectivity index (χ4v) is 2.37. The SMILES string of the molecule is CCCN(CC)CCNc1nccc2ccc(O)cc12. The summed E-state index contributed by atoms with van der Waals surface area (Å²) in [6, 6.07) is 7.32. The summed E-state index contributed by atoms with van der Waals surface area (Å²) in [4.78, 5) is 6.79. The van der Waals surface area contributed by atoms with Gasteiger partial charge in [-0.05, 0) is 43.1 Å². The van der Waals surface area contributed by atoms with Crippen LogP contribution in [0.3, 0.4) is 0 Å². The van der Waals surface area contributed by atoms with Crippen molar-refractivity contribution >= 4 is 16.6 Å². The van der Waals surface area contributed by atoms with Crippen molar-refractivity contribution in [2.75, 3.05) is 31.5 Å². The van der Waals surface area contributed by atoms with Gasteiger partial charge in [0.1, 0.15) is 11.6 Å². The van der Waals surface area contributed by atoms with Crippen molar-refractivity contribution in [1.82, 2.24) is 9.88 Å². The van der Waals surface area contributed by atoms with Gasteiger partial charge in [0, 0.05) is 24.7 Å². The molecule has 1 aromatic carbocycles. The van der Waals surface area contributed by atoms with E-state index in [0.29, 0.717) is 0 Å². The standard InChI is InChI=1S/C16H23N3O/c1-3-10-19(4-2)11-9-18-16-15-12-14(20)6-5-13(15)7-8-17-16/h5-8,12,20H,3-4,9-11H2,1-2H3,(H,17,18). The Labute approximate surface area is 120 Å². The molecule has 0 amide bonds. The van der Waals surface area contributed by atoms with E-state index in [2.05, 4.69) is 29.0 Å². The molecule has 4 heteroatoms. The lowest BCUT2D eigenvalue weighted by molar-refractivity contribution is 0.300. The summed E-state index contributed by atoms with van der Waals surface area (Å²) in [5.74, 6) is 1.11. The Morgan fingerprint density at radius 1 is 1.20 bits per heavy atom. The first-order valence-electron chi connectivity index (χ1n) is 7.28. The molecule has 20 heavy (non-hydrogen) atoms. The van der Waals surface area contributed by atoms with Crippen molar-refractivity contribution in [2.24, 2.45) is 0 Å². The summed E-state index contributed by atoms with van der Waals surface area (Å²) in [6.45, 7) is 8.44. The molecular formula is C16H23N3O. The molecular weight excluding hydrogens is 250 g/mol. The Balaban J connectivity index is 2.04. The molecule has 2 rings (SSSR count). The lowest BCUT2D eigenvalue weighted by Gasteiger charge is -2.20. The van der Waals surface area contributed by atoms with Gasteiger partial charge in [-0.3, -0.25) is 0 Å². The first-order chi connectivity index (χ1) is 9.74. The highest BCUT2D eigenvalue weighted by atomic mass is 16.3. The fraction of sp³-hybridized carbons (Fsp3) is 0.438. The van der Waals surface area contributed by atoms with Crippen molar-refractivity contribution in [3.8, 4) is 5.75 Å². The molecule has 0 aliphatic heterocycles. The second-order valence-corrected chi connectivity index (χ2v) is 4.93. The molecule has 0 unspecified atom stereocenters. The number of phenols is 1. The van der Waals surface area contributed by atoms with Crippen LogP contribution in [0, 0.1) is 0 Å². The van der Waals surface area contributed by atoms with E-state index in [1.165, 1.54) is 6.42 Å². The number of aromatic nitrogens is 1. The number of likely N-dealkylation sites (N-methyl/N-ethyl adjacent to an activating group) is 1. The molecule has 0 atom stereocenters. The summed E-state index contributed by atoms with van der Waals surface area (Å²) < 4.78 is 0. The van der Waals surface area contributed by atoms with Gasteiger partial charge in [0.2, 0.25) is 0 Å². The second kappa shape index (κ2) is 7.10. The lowest BCUT2D eigenvalue weighted by atomic mass is 10.1. The van der Waals surface area contributed by atoms with Gasteiger partial charge in [0.15, 0.2) is 0 Å². The maximum atomic E-state index is 9.61. The highest BCUT2D eigenvalue weighted by molar-refractivity contribution is 5.92. The number of anilines is 1. The van der Waals surface area contributed by atoms with Gasteiger partial charge < -0.3 is 15.3 Å². The quantitative estimate of drug-likeness (QED) is 0.814. The topological polar surface area (TPSA) is 48.4 Å². The molecule has 2 N–H and O–H groups in total. The second-order valence-electron chi connectivity index (χ2n) is 4.93. The number of nitrogens with zero attached hydrogens (tertiary/aromatic N) is 2. The molecule has 0 saturated carbocycles. The van der Waals surface area contributed by atoms with E-state index >= 15 is 0 Å². The van der Waals surface area contributed by atoms with Gasteiger partial charge in [0.25, 0.3) is 0 Å². The molecule has 0 radical (unpaired) electrons. The number of rotatable bonds is 7. The van der Waals surface area contributed by atoms with Crippen LogP contribution >= 0.6 is 0 Å². The predicted molar refractivity (Wildman–Crippen MR) is 84.3 cm³/mol. The van der Waals surface area contributed by atoms with Gasteiger partial charge in [-0.15, -0.1) is 0 Å². The smallest absolute Gasteiger partial charge is 0.133 e. The Hall–Kier alpha value is -1.81. The Morgan fingerprint density at radius 3 is 2.80 bits per heavy atom. The van der Waals surface area contributed by atoms with Gasteiger partial charge in [-0.2, -0.15) is 0 Å². The third-order valence-corrected chi connectivity index (χ3v) is 3.46. The summed E-state index contributed by atoms with van der Waals surface area (Å²) in [5, 5.41) is 15.0. The molecule has 0 fully saturated rings. The maximum Gasteiger partial charge on any atom is 0.133 e. The highest BCUT2D eigenvalue weighted by Crippen LogP contribution is 2.24. The summed E-state index contributed by atoms with van der Waals surface area (Å²) in [5.41, 5.74) is 0. The molecule has 0 spiro atoms. The Kier molecular flexibility index (Phi) is 5.18. The minimum Gasteiger partial charge on any atom is -0.508 e. The number of aromatic hydroxyl groups is 1. The van der Waals surface area contributed by atoms with E-state index < -0.39 is 0 Å². The number of nitrogens with one attached hydrogen (secondary N) is 1. The number of benzene rings is 1.